The number of rotatable bonds is 5. The Bertz CT molecular complexity index is 658. The van der Waals surface area contributed by atoms with Crippen molar-refractivity contribution in [2.75, 3.05) is 0 Å². The van der Waals surface area contributed by atoms with Crippen LogP contribution >= 0.6 is 0 Å². The standard InChI is InChI=1S/C15H14F3NO3/c1-8(5-13(20)14-3-2-4-22-14)19-15(21)9-6-11(17)12(18)7-10(9)16/h2-4,6-8,13,20H,5H2,1H3,(H,19,21)/t8-,13+/m0/s1. The van der Waals surface area contributed by atoms with E-state index < -0.39 is 41.1 Å². The Morgan fingerprint density at radius 1 is 1.27 bits per heavy atom. The molecule has 2 rings (SSSR count). The van der Waals surface area contributed by atoms with Crippen LogP contribution < -0.4 is 5.32 Å². The first kappa shape index (κ1) is 16.1. The molecule has 118 valence electrons. The molecular formula is C15H14F3NO3. The van der Waals surface area contributed by atoms with Gasteiger partial charge in [0.15, 0.2) is 11.6 Å². The summed E-state index contributed by atoms with van der Waals surface area (Å²) in [7, 11) is 0. The SMILES string of the molecule is C[C@@H](C[C@@H](O)c1ccco1)NC(=O)c1cc(F)c(F)cc1F. The van der Waals surface area contributed by atoms with Crippen LogP contribution in [0.15, 0.2) is 34.9 Å². The topological polar surface area (TPSA) is 62.5 Å². The van der Waals surface area contributed by atoms with Gasteiger partial charge in [0.05, 0.1) is 11.8 Å². The van der Waals surface area contributed by atoms with Crippen LogP contribution in [0.4, 0.5) is 13.2 Å². The number of amides is 1. The third kappa shape index (κ3) is 3.67. The summed E-state index contributed by atoms with van der Waals surface area (Å²) in [4.78, 5) is 11.9. The van der Waals surface area contributed by atoms with E-state index in [2.05, 4.69) is 5.32 Å². The number of halogens is 3. The number of aliphatic hydroxyl groups is 1. The van der Waals surface area contributed by atoms with Crippen molar-refractivity contribution in [3.63, 3.8) is 0 Å². The van der Waals surface area contributed by atoms with Crippen molar-refractivity contribution in [3.05, 3.63) is 59.3 Å². The van der Waals surface area contributed by atoms with E-state index in [9.17, 15) is 23.1 Å². The predicted molar refractivity (Wildman–Crippen MR) is 71.5 cm³/mol. The van der Waals surface area contributed by atoms with Crippen LogP contribution in [-0.2, 0) is 0 Å². The lowest BCUT2D eigenvalue weighted by Gasteiger charge is -2.17. The summed E-state index contributed by atoms with van der Waals surface area (Å²) >= 11 is 0. The monoisotopic (exact) mass is 313 g/mol. The summed E-state index contributed by atoms with van der Waals surface area (Å²) in [5.74, 6) is -4.39. The van der Waals surface area contributed by atoms with Gasteiger partial charge in [-0.1, -0.05) is 0 Å². The molecule has 2 atom stereocenters. The Morgan fingerprint density at radius 2 is 1.95 bits per heavy atom. The Balaban J connectivity index is 2.01. The smallest absolute Gasteiger partial charge is 0.254 e. The van der Waals surface area contributed by atoms with Crippen molar-refractivity contribution in [3.8, 4) is 0 Å². The molecule has 0 unspecified atom stereocenters. The van der Waals surface area contributed by atoms with E-state index in [0.29, 0.717) is 17.9 Å². The molecule has 0 saturated carbocycles. The maximum atomic E-state index is 13.5. The second kappa shape index (κ2) is 6.65. The van der Waals surface area contributed by atoms with Crippen LogP contribution in [0.3, 0.4) is 0 Å². The van der Waals surface area contributed by atoms with Crippen molar-refractivity contribution >= 4 is 5.91 Å². The number of carbonyl (C=O) groups excluding carboxylic acids is 1. The molecule has 0 spiro atoms. The third-order valence-electron chi connectivity index (χ3n) is 3.08. The van der Waals surface area contributed by atoms with Crippen LogP contribution in [0.1, 0.15) is 35.6 Å². The highest BCUT2D eigenvalue weighted by Crippen LogP contribution is 2.19. The van der Waals surface area contributed by atoms with E-state index in [0.717, 1.165) is 0 Å². The van der Waals surface area contributed by atoms with Crippen molar-refractivity contribution in [1.29, 1.82) is 0 Å². The minimum atomic E-state index is -1.37. The molecule has 0 saturated heterocycles. The van der Waals surface area contributed by atoms with Crippen LogP contribution in [0.25, 0.3) is 0 Å². The average Bonchev–Trinajstić information content (AvgIpc) is 2.96. The molecule has 1 amide bonds. The third-order valence-corrected chi connectivity index (χ3v) is 3.08. The molecule has 0 aliphatic rings. The van der Waals surface area contributed by atoms with Crippen LogP contribution in [0.5, 0.6) is 0 Å². The Hall–Kier alpha value is -2.28. The summed E-state index contributed by atoms with van der Waals surface area (Å²) in [6.45, 7) is 1.59. The van der Waals surface area contributed by atoms with E-state index in [4.69, 9.17) is 4.42 Å². The van der Waals surface area contributed by atoms with E-state index in [1.54, 1.807) is 19.1 Å². The van der Waals surface area contributed by atoms with Gasteiger partial charge in [0.2, 0.25) is 0 Å². The highest BCUT2D eigenvalue weighted by atomic mass is 19.2. The molecule has 0 bridgehead atoms. The van der Waals surface area contributed by atoms with Crippen molar-refractivity contribution in [2.45, 2.75) is 25.5 Å². The fraction of sp³-hybridized carbons (Fsp3) is 0.267. The Morgan fingerprint density at radius 3 is 2.59 bits per heavy atom. The number of carbonyl (C=O) groups is 1. The molecule has 4 nitrogen and oxygen atoms in total. The molecule has 0 fully saturated rings. The Kier molecular flexibility index (Phi) is 4.87. The number of furan rings is 1. The van der Waals surface area contributed by atoms with Crippen molar-refractivity contribution < 1.29 is 27.5 Å². The first-order valence-electron chi connectivity index (χ1n) is 6.55. The highest BCUT2D eigenvalue weighted by molar-refractivity contribution is 5.94. The maximum Gasteiger partial charge on any atom is 0.254 e. The first-order valence-corrected chi connectivity index (χ1v) is 6.55. The molecule has 1 aromatic heterocycles. The zero-order valence-electron chi connectivity index (χ0n) is 11.6. The van der Waals surface area contributed by atoms with Crippen molar-refractivity contribution in [1.82, 2.24) is 5.32 Å². The molecule has 1 heterocycles. The molecule has 2 aromatic rings. The second-order valence-electron chi connectivity index (χ2n) is 4.89. The van der Waals surface area contributed by atoms with Gasteiger partial charge in [-0.05, 0) is 25.1 Å². The number of aliphatic hydroxyl groups excluding tert-OH is 1. The fourth-order valence-corrected chi connectivity index (χ4v) is 1.99. The van der Waals surface area contributed by atoms with E-state index in [1.807, 2.05) is 0 Å². The number of nitrogens with one attached hydrogen (secondary N) is 1. The zero-order valence-corrected chi connectivity index (χ0v) is 11.6. The van der Waals surface area contributed by atoms with Gasteiger partial charge < -0.3 is 14.8 Å². The van der Waals surface area contributed by atoms with Gasteiger partial charge >= 0.3 is 0 Å². The van der Waals surface area contributed by atoms with Gasteiger partial charge in [-0.2, -0.15) is 0 Å². The maximum absolute atomic E-state index is 13.5. The lowest BCUT2D eigenvalue weighted by atomic mass is 10.1. The van der Waals surface area contributed by atoms with Gasteiger partial charge in [-0.25, -0.2) is 13.2 Å². The lowest BCUT2D eigenvalue weighted by molar-refractivity contribution is 0.0898. The molecular weight excluding hydrogens is 299 g/mol. The quantitative estimate of drug-likeness (QED) is 0.834. The molecule has 0 aliphatic heterocycles. The first-order chi connectivity index (χ1) is 10.4. The molecule has 0 aliphatic carbocycles. The normalized spacial score (nSPS) is 13.7. The van der Waals surface area contributed by atoms with Crippen LogP contribution in [0.2, 0.25) is 0 Å². The largest absolute Gasteiger partial charge is 0.467 e. The number of hydrogen-bond acceptors (Lipinski definition) is 3. The van der Waals surface area contributed by atoms with Crippen LogP contribution in [0, 0.1) is 17.5 Å². The summed E-state index contributed by atoms with van der Waals surface area (Å²) in [6.07, 6.45) is 0.573. The second-order valence-corrected chi connectivity index (χ2v) is 4.89. The molecule has 1 aromatic carbocycles. The molecule has 2 N–H and O–H groups in total. The van der Waals surface area contributed by atoms with Gasteiger partial charge in [0.1, 0.15) is 17.7 Å². The van der Waals surface area contributed by atoms with Gasteiger partial charge in [-0.3, -0.25) is 4.79 Å². The number of benzene rings is 1. The average molecular weight is 313 g/mol. The lowest BCUT2D eigenvalue weighted by Crippen LogP contribution is -2.34. The predicted octanol–water partition coefficient (Wildman–Crippen LogP) is 2.94. The number of hydrogen-bond donors (Lipinski definition) is 2. The van der Waals surface area contributed by atoms with Gasteiger partial charge in [0, 0.05) is 18.5 Å². The van der Waals surface area contributed by atoms with Gasteiger partial charge in [-0.15, -0.1) is 0 Å². The molecule has 7 heteroatoms. The summed E-state index contributed by atoms with van der Waals surface area (Å²) in [6, 6.07) is 3.45. The Labute approximate surface area is 124 Å². The summed E-state index contributed by atoms with van der Waals surface area (Å²) in [5, 5.41) is 12.3. The van der Waals surface area contributed by atoms with Crippen molar-refractivity contribution in [2.24, 2.45) is 0 Å². The highest BCUT2D eigenvalue weighted by Gasteiger charge is 2.20. The molecule has 0 radical (unpaired) electrons. The fourth-order valence-electron chi connectivity index (χ4n) is 1.99. The minimum Gasteiger partial charge on any atom is -0.467 e. The summed E-state index contributed by atoms with van der Waals surface area (Å²) in [5.41, 5.74) is -0.599. The minimum absolute atomic E-state index is 0.116. The zero-order chi connectivity index (χ0) is 16.3. The van der Waals surface area contributed by atoms with E-state index in [-0.39, 0.29) is 6.42 Å². The van der Waals surface area contributed by atoms with Gasteiger partial charge in [0.25, 0.3) is 5.91 Å². The molecule has 22 heavy (non-hydrogen) atoms. The van der Waals surface area contributed by atoms with E-state index in [1.165, 1.54) is 6.26 Å². The van der Waals surface area contributed by atoms with Crippen LogP contribution in [-0.4, -0.2) is 17.1 Å². The van der Waals surface area contributed by atoms with E-state index >= 15 is 0 Å². The summed E-state index contributed by atoms with van der Waals surface area (Å²) < 4.78 is 44.4.